The summed E-state index contributed by atoms with van der Waals surface area (Å²) in [6.07, 6.45) is 2.86. The predicted octanol–water partition coefficient (Wildman–Crippen LogP) is 14.2. The first-order valence-electron chi connectivity index (χ1n) is 24.7. The number of phenols is 5. The van der Waals surface area contributed by atoms with Gasteiger partial charge in [0, 0.05) is 16.2 Å². The molecule has 0 aromatic heterocycles. The molecule has 394 valence electrons. The molecule has 0 amide bonds. The molecule has 13 heteroatoms. The third-order valence-electron chi connectivity index (χ3n) is 13.3. The number of carbonyl (C=O) groups excluding carboxylic acids is 4. The third-order valence-corrected chi connectivity index (χ3v) is 13.3. The first-order valence-corrected chi connectivity index (χ1v) is 24.7. The van der Waals surface area contributed by atoms with Gasteiger partial charge in [-0.25, -0.2) is 0 Å². The maximum absolute atomic E-state index is 12.1. The molecule has 0 unspecified atom stereocenters. The second-order valence-corrected chi connectivity index (χ2v) is 20.5. The quantitative estimate of drug-likeness (QED) is 0.0415. The van der Waals surface area contributed by atoms with E-state index in [1.54, 1.807) is 97.1 Å². The van der Waals surface area contributed by atoms with Crippen LogP contribution in [0.3, 0.4) is 0 Å². The molecule has 0 bridgehead atoms. The summed E-state index contributed by atoms with van der Waals surface area (Å²) in [4.78, 5) is 47.8. The highest BCUT2D eigenvalue weighted by molar-refractivity contribution is 5.95. The van der Waals surface area contributed by atoms with Crippen LogP contribution in [0.4, 0.5) is 0 Å². The number of esters is 4. The lowest BCUT2D eigenvalue weighted by Crippen LogP contribution is -2.28. The zero-order valence-corrected chi connectivity index (χ0v) is 44.7. The van der Waals surface area contributed by atoms with Gasteiger partial charge in [-0.3, -0.25) is 19.2 Å². The molecule has 7 rings (SSSR count). The molecule has 0 atom stereocenters. The number of benzene rings is 7. The Hall–Kier alpha value is -7.80. The number of aromatic hydroxyl groups is 5. The van der Waals surface area contributed by atoms with Gasteiger partial charge in [-0.15, -0.1) is 0 Å². The Morgan fingerprint density at radius 1 is 0.392 bits per heavy atom. The number of hydrogen-bond acceptors (Lipinski definition) is 13. The lowest BCUT2D eigenvalue weighted by atomic mass is 9.90. The lowest BCUT2D eigenvalue weighted by molar-refractivity contribution is -0.155. The normalized spacial score (nSPS) is 11.5. The molecule has 0 aliphatic rings. The van der Waals surface area contributed by atoms with Crippen LogP contribution >= 0.6 is 0 Å². The first-order chi connectivity index (χ1) is 34.7. The Bertz CT molecular complexity index is 3070. The van der Waals surface area contributed by atoms with Gasteiger partial charge < -0.3 is 44.5 Å². The summed E-state index contributed by atoms with van der Waals surface area (Å²) in [5.74, 6) is 0.761. The molecule has 0 spiro atoms. The van der Waals surface area contributed by atoms with E-state index in [-0.39, 0.29) is 59.2 Å². The van der Waals surface area contributed by atoms with Crippen LogP contribution in [0, 0.1) is 21.7 Å². The van der Waals surface area contributed by atoms with Gasteiger partial charge in [-0.2, -0.15) is 0 Å². The minimum Gasteiger partial charge on any atom is -0.508 e. The molecule has 0 aliphatic carbocycles. The molecular formula is C61H72O13. The van der Waals surface area contributed by atoms with Crippen LogP contribution in [0.2, 0.25) is 0 Å². The highest BCUT2D eigenvalue weighted by Crippen LogP contribution is 2.35. The standard InChI is InChI=1S/3C16H18O3.C13H18O4/c1-4-16(2,3)15(18)19-14-10-6-7-11-12(14)8-5-9-13(11)17;1-4-16(2,3)15(18)19-14-8-6-11-9-13(17)7-5-12(11)10-14;1-4-16(2,3)15(18)19-12-8-9-13-11(10-12)6-5-7-14(13)17;1-4-13(2,3)12(16)17-8-9-5-6-10(14)11(15)7-9/h3*5-10,17H,4H2,1-3H3;5-7,14-15H,4,8H2,1-3H3. The average Bonchev–Trinajstić information content (AvgIpc) is 3.37. The van der Waals surface area contributed by atoms with Crippen LogP contribution < -0.4 is 14.2 Å². The largest absolute Gasteiger partial charge is 0.508 e. The van der Waals surface area contributed by atoms with Crippen LogP contribution in [-0.4, -0.2) is 49.4 Å². The van der Waals surface area contributed by atoms with E-state index < -0.39 is 21.7 Å². The Kier molecular flexibility index (Phi) is 20.0. The Morgan fingerprint density at radius 2 is 0.851 bits per heavy atom. The maximum atomic E-state index is 12.1. The van der Waals surface area contributed by atoms with Gasteiger partial charge in [0.25, 0.3) is 0 Å². The van der Waals surface area contributed by atoms with Gasteiger partial charge in [0.05, 0.1) is 21.7 Å². The van der Waals surface area contributed by atoms with Crippen molar-refractivity contribution in [2.24, 2.45) is 21.7 Å². The summed E-state index contributed by atoms with van der Waals surface area (Å²) in [6.45, 7) is 22.7. The molecule has 0 aliphatic heterocycles. The summed E-state index contributed by atoms with van der Waals surface area (Å²) in [7, 11) is 0. The van der Waals surface area contributed by atoms with E-state index in [1.807, 2.05) is 101 Å². The smallest absolute Gasteiger partial charge is 0.316 e. The number of ether oxygens (including phenoxy) is 4. The van der Waals surface area contributed by atoms with Crippen molar-refractivity contribution in [1.29, 1.82) is 0 Å². The summed E-state index contributed by atoms with van der Waals surface area (Å²) < 4.78 is 21.4. The summed E-state index contributed by atoms with van der Waals surface area (Å²) in [5, 5.41) is 52.2. The Balaban J connectivity index is 0.000000214. The Morgan fingerprint density at radius 3 is 1.42 bits per heavy atom. The molecule has 74 heavy (non-hydrogen) atoms. The van der Waals surface area contributed by atoms with E-state index in [2.05, 4.69) is 0 Å². The minimum absolute atomic E-state index is 0.0934. The van der Waals surface area contributed by atoms with Crippen molar-refractivity contribution >= 4 is 56.2 Å². The number of rotatable bonds is 13. The third kappa shape index (κ3) is 15.8. The molecule has 0 fully saturated rings. The highest BCUT2D eigenvalue weighted by atomic mass is 16.5. The van der Waals surface area contributed by atoms with Crippen LogP contribution in [-0.2, 0) is 30.5 Å². The van der Waals surface area contributed by atoms with Gasteiger partial charge in [-0.1, -0.05) is 82.3 Å². The summed E-state index contributed by atoms with van der Waals surface area (Å²) >= 11 is 0. The van der Waals surface area contributed by atoms with E-state index in [1.165, 1.54) is 12.1 Å². The molecule has 13 nitrogen and oxygen atoms in total. The molecular weight excluding hydrogens is 941 g/mol. The number of fused-ring (bicyclic) bond motifs is 3. The maximum Gasteiger partial charge on any atom is 0.316 e. The first kappa shape index (κ1) is 58.8. The topological polar surface area (TPSA) is 206 Å². The molecule has 7 aromatic carbocycles. The van der Waals surface area contributed by atoms with E-state index >= 15 is 0 Å². The number of hydrogen-bond donors (Lipinski definition) is 5. The van der Waals surface area contributed by atoms with Gasteiger partial charge in [-0.05, 0) is 176 Å². The fourth-order valence-corrected chi connectivity index (χ4v) is 6.25. The highest BCUT2D eigenvalue weighted by Gasteiger charge is 2.30. The van der Waals surface area contributed by atoms with Crippen molar-refractivity contribution in [1.82, 2.24) is 0 Å². The van der Waals surface area contributed by atoms with E-state index in [0.717, 1.165) is 39.8 Å². The van der Waals surface area contributed by atoms with Crippen LogP contribution in [0.25, 0.3) is 32.3 Å². The monoisotopic (exact) mass is 1010 g/mol. The molecule has 0 saturated heterocycles. The van der Waals surface area contributed by atoms with Crippen molar-refractivity contribution in [3.63, 3.8) is 0 Å². The second kappa shape index (κ2) is 25.2. The minimum atomic E-state index is -0.515. The van der Waals surface area contributed by atoms with Crippen molar-refractivity contribution in [2.45, 2.75) is 115 Å². The molecule has 0 saturated carbocycles. The van der Waals surface area contributed by atoms with Crippen molar-refractivity contribution in [3.8, 4) is 46.0 Å². The van der Waals surface area contributed by atoms with Crippen LogP contribution in [0.1, 0.15) is 114 Å². The molecule has 5 N–H and O–H groups in total. The van der Waals surface area contributed by atoms with Crippen molar-refractivity contribution in [3.05, 3.63) is 133 Å². The average molecular weight is 1010 g/mol. The van der Waals surface area contributed by atoms with Crippen molar-refractivity contribution in [2.75, 3.05) is 0 Å². The summed E-state index contributed by atoms with van der Waals surface area (Å²) in [6, 6.07) is 35.8. The number of phenolic OH excluding ortho intramolecular Hbond substituents is 5. The molecule has 7 aromatic rings. The van der Waals surface area contributed by atoms with Crippen molar-refractivity contribution < 1.29 is 63.7 Å². The summed E-state index contributed by atoms with van der Waals surface area (Å²) in [5.41, 5.74) is -1.35. The second-order valence-electron chi connectivity index (χ2n) is 20.5. The van der Waals surface area contributed by atoms with E-state index in [4.69, 9.17) is 24.1 Å². The zero-order chi connectivity index (χ0) is 55.2. The van der Waals surface area contributed by atoms with Gasteiger partial charge >= 0.3 is 23.9 Å². The van der Waals surface area contributed by atoms with Gasteiger partial charge in [0.2, 0.25) is 0 Å². The zero-order valence-electron chi connectivity index (χ0n) is 44.7. The van der Waals surface area contributed by atoms with Crippen LogP contribution in [0.15, 0.2) is 127 Å². The van der Waals surface area contributed by atoms with E-state index in [9.17, 15) is 39.6 Å². The van der Waals surface area contributed by atoms with Gasteiger partial charge in [0.15, 0.2) is 11.5 Å². The lowest BCUT2D eigenvalue weighted by Gasteiger charge is -2.20. The van der Waals surface area contributed by atoms with Gasteiger partial charge in [0.1, 0.15) is 41.1 Å². The fourth-order valence-electron chi connectivity index (χ4n) is 6.25. The molecule has 0 radical (unpaired) electrons. The predicted molar refractivity (Wildman–Crippen MR) is 290 cm³/mol. The van der Waals surface area contributed by atoms with Crippen LogP contribution in [0.5, 0.6) is 46.0 Å². The Labute approximate surface area is 434 Å². The van der Waals surface area contributed by atoms with E-state index in [0.29, 0.717) is 41.0 Å². The number of carbonyl (C=O) groups is 4. The molecule has 0 heterocycles. The fraction of sp³-hybridized carbons (Fsp3) is 0.344. The SMILES string of the molecule is CCC(C)(C)C(=O)OCc1ccc(O)c(O)c1.CCC(C)(C)C(=O)Oc1ccc2c(O)cccc2c1.CCC(C)(C)C(=O)Oc1ccc2cc(O)ccc2c1.CCC(C)(C)C(=O)Oc1cccc2c(O)cccc12.